The van der Waals surface area contributed by atoms with Crippen molar-refractivity contribution < 1.29 is 23.9 Å². The molecule has 31 heavy (non-hydrogen) atoms. The van der Waals surface area contributed by atoms with Crippen LogP contribution in [0.25, 0.3) is 0 Å². The van der Waals surface area contributed by atoms with Gasteiger partial charge in [0.1, 0.15) is 12.4 Å². The van der Waals surface area contributed by atoms with Crippen molar-refractivity contribution in [3.05, 3.63) is 54.1 Å². The van der Waals surface area contributed by atoms with E-state index in [-0.39, 0.29) is 24.4 Å². The fourth-order valence-electron chi connectivity index (χ4n) is 3.44. The molecule has 0 unspecified atom stereocenters. The van der Waals surface area contributed by atoms with Crippen molar-refractivity contribution in [2.75, 3.05) is 30.0 Å². The fraction of sp³-hybridized carbons (Fsp3) is 0.375. The number of benzene rings is 2. The summed E-state index contributed by atoms with van der Waals surface area (Å²) >= 11 is 0. The summed E-state index contributed by atoms with van der Waals surface area (Å²) in [6.45, 7) is 2.35. The number of hydrogen-bond donors (Lipinski definition) is 1. The first-order valence-electron chi connectivity index (χ1n) is 10.6. The summed E-state index contributed by atoms with van der Waals surface area (Å²) in [4.78, 5) is 36.9. The molecule has 1 N–H and O–H groups in total. The normalized spacial score (nSPS) is 12.5. The molecule has 1 aliphatic heterocycles. The van der Waals surface area contributed by atoms with E-state index in [0.29, 0.717) is 32.4 Å². The molecule has 0 saturated heterocycles. The Hall–Kier alpha value is -3.35. The molecule has 0 saturated carbocycles. The quantitative estimate of drug-likeness (QED) is 0.464. The molecule has 1 aliphatic rings. The van der Waals surface area contributed by atoms with E-state index in [1.807, 2.05) is 48.5 Å². The summed E-state index contributed by atoms with van der Waals surface area (Å²) in [5, 5.41) is 2.86. The van der Waals surface area contributed by atoms with Gasteiger partial charge in [0, 0.05) is 31.1 Å². The van der Waals surface area contributed by atoms with E-state index in [9.17, 15) is 14.4 Å². The molecule has 2 aromatic carbocycles. The molecule has 164 valence electrons. The number of ether oxygens (including phenoxy) is 2. The minimum Gasteiger partial charge on any atom is -0.494 e. The molecule has 0 fully saturated rings. The van der Waals surface area contributed by atoms with Gasteiger partial charge >= 0.3 is 5.97 Å². The van der Waals surface area contributed by atoms with Crippen LogP contribution in [0.2, 0.25) is 0 Å². The third kappa shape index (κ3) is 6.84. The lowest BCUT2D eigenvalue weighted by Gasteiger charge is -2.22. The Balaban J connectivity index is 1.44. The number of hydrogen-bond acceptors (Lipinski definition) is 5. The fourth-order valence-corrected chi connectivity index (χ4v) is 3.44. The number of carbonyl (C=O) groups is 3. The number of para-hydroxylation sites is 1. The molecule has 0 bridgehead atoms. The van der Waals surface area contributed by atoms with Crippen molar-refractivity contribution >= 4 is 29.2 Å². The van der Waals surface area contributed by atoms with Gasteiger partial charge in [0.2, 0.25) is 11.8 Å². The van der Waals surface area contributed by atoms with E-state index in [2.05, 4.69) is 5.32 Å². The van der Waals surface area contributed by atoms with Gasteiger partial charge in [-0.05, 0) is 55.2 Å². The van der Waals surface area contributed by atoms with E-state index in [4.69, 9.17) is 9.47 Å². The summed E-state index contributed by atoms with van der Waals surface area (Å²) in [5.74, 6) is 0.446. The zero-order valence-electron chi connectivity index (χ0n) is 17.8. The molecular weight excluding hydrogens is 396 g/mol. The largest absolute Gasteiger partial charge is 0.494 e. The van der Waals surface area contributed by atoms with Crippen LogP contribution < -0.4 is 15.0 Å². The summed E-state index contributed by atoms with van der Waals surface area (Å²) in [7, 11) is 0. The van der Waals surface area contributed by atoms with Gasteiger partial charge in [0.05, 0.1) is 13.2 Å². The first kappa shape index (κ1) is 22.3. The maximum absolute atomic E-state index is 12.7. The molecule has 3 rings (SSSR count). The van der Waals surface area contributed by atoms with Crippen LogP contribution in [0.5, 0.6) is 5.75 Å². The number of anilines is 2. The van der Waals surface area contributed by atoms with Crippen molar-refractivity contribution in [3.63, 3.8) is 0 Å². The van der Waals surface area contributed by atoms with Gasteiger partial charge < -0.3 is 19.7 Å². The Morgan fingerprint density at radius 1 is 1.03 bits per heavy atom. The number of esters is 1. The number of rotatable bonds is 10. The molecule has 0 aliphatic carbocycles. The SMILES string of the molecule is CC(=O)OCCN(C(=O)CCCCOc1ccc2c(c1)CCC(=O)N2)c1ccccc1. The molecule has 0 aromatic heterocycles. The number of fused-ring (bicyclic) bond motifs is 1. The molecule has 2 aromatic rings. The summed E-state index contributed by atoms with van der Waals surface area (Å²) < 4.78 is 10.8. The van der Waals surface area contributed by atoms with Crippen LogP contribution in [-0.4, -0.2) is 37.5 Å². The number of carbonyl (C=O) groups excluding carboxylic acids is 3. The zero-order valence-corrected chi connectivity index (χ0v) is 17.8. The number of nitrogens with one attached hydrogen (secondary N) is 1. The van der Waals surface area contributed by atoms with E-state index in [0.717, 1.165) is 35.5 Å². The third-order valence-corrected chi connectivity index (χ3v) is 5.02. The van der Waals surface area contributed by atoms with Gasteiger partial charge in [-0.25, -0.2) is 0 Å². The van der Waals surface area contributed by atoms with Crippen LogP contribution in [0.3, 0.4) is 0 Å². The van der Waals surface area contributed by atoms with Gasteiger partial charge in [-0.2, -0.15) is 0 Å². The van der Waals surface area contributed by atoms with Crippen LogP contribution in [0.1, 0.15) is 38.2 Å². The number of amides is 2. The van der Waals surface area contributed by atoms with Crippen LogP contribution >= 0.6 is 0 Å². The van der Waals surface area contributed by atoms with Crippen LogP contribution in [0, 0.1) is 0 Å². The topological polar surface area (TPSA) is 84.9 Å². The summed E-state index contributed by atoms with van der Waals surface area (Å²) in [6.07, 6.45) is 3.03. The molecule has 1 heterocycles. The zero-order chi connectivity index (χ0) is 22.1. The van der Waals surface area contributed by atoms with Crippen LogP contribution in [0.4, 0.5) is 11.4 Å². The Morgan fingerprint density at radius 2 is 1.84 bits per heavy atom. The van der Waals surface area contributed by atoms with E-state index >= 15 is 0 Å². The van der Waals surface area contributed by atoms with Gasteiger partial charge in [-0.1, -0.05) is 18.2 Å². The molecular formula is C24H28N2O5. The molecule has 0 atom stereocenters. The van der Waals surface area contributed by atoms with Gasteiger partial charge in [-0.3, -0.25) is 14.4 Å². The van der Waals surface area contributed by atoms with Crippen LogP contribution in [-0.2, 0) is 25.5 Å². The standard InChI is InChI=1S/C24H28N2O5/c1-18(27)30-16-14-26(20-7-3-2-4-8-20)24(29)9-5-6-15-31-21-11-12-22-19(17-21)10-13-23(28)25-22/h2-4,7-8,11-12,17H,5-6,9-10,13-16H2,1H3,(H,25,28). The number of unbranched alkanes of at least 4 members (excludes halogenated alkanes) is 1. The molecule has 7 heteroatoms. The monoisotopic (exact) mass is 424 g/mol. The average molecular weight is 424 g/mol. The van der Waals surface area contributed by atoms with E-state index in [1.165, 1.54) is 6.92 Å². The highest BCUT2D eigenvalue weighted by Crippen LogP contribution is 2.27. The van der Waals surface area contributed by atoms with Crippen molar-refractivity contribution in [3.8, 4) is 5.75 Å². The van der Waals surface area contributed by atoms with E-state index < -0.39 is 0 Å². The first-order chi connectivity index (χ1) is 15.0. The summed E-state index contributed by atoms with van der Waals surface area (Å²) in [6, 6.07) is 15.1. The lowest BCUT2D eigenvalue weighted by molar-refractivity contribution is -0.141. The number of aryl methyl sites for hydroxylation is 1. The number of nitrogens with zero attached hydrogens (tertiary/aromatic N) is 1. The van der Waals surface area contributed by atoms with Crippen molar-refractivity contribution in [2.24, 2.45) is 0 Å². The maximum atomic E-state index is 12.7. The third-order valence-electron chi connectivity index (χ3n) is 5.02. The van der Waals surface area contributed by atoms with E-state index in [1.54, 1.807) is 4.90 Å². The lowest BCUT2D eigenvalue weighted by Crippen LogP contribution is -2.34. The second-order valence-corrected chi connectivity index (χ2v) is 7.39. The lowest BCUT2D eigenvalue weighted by atomic mass is 10.0. The van der Waals surface area contributed by atoms with Gasteiger partial charge in [0.15, 0.2) is 0 Å². The predicted octanol–water partition coefficient (Wildman–Crippen LogP) is 3.72. The second kappa shape index (κ2) is 11.2. The molecule has 7 nitrogen and oxygen atoms in total. The highest BCUT2D eigenvalue weighted by Gasteiger charge is 2.16. The van der Waals surface area contributed by atoms with Gasteiger partial charge in [0.25, 0.3) is 0 Å². The minimum absolute atomic E-state index is 0.0112. The van der Waals surface area contributed by atoms with Crippen molar-refractivity contribution in [1.82, 2.24) is 0 Å². The summed E-state index contributed by atoms with van der Waals surface area (Å²) in [5.41, 5.74) is 2.72. The van der Waals surface area contributed by atoms with Crippen molar-refractivity contribution in [1.29, 1.82) is 0 Å². The smallest absolute Gasteiger partial charge is 0.302 e. The Kier molecular flexibility index (Phi) is 8.04. The maximum Gasteiger partial charge on any atom is 0.302 e. The first-order valence-corrected chi connectivity index (χ1v) is 10.6. The van der Waals surface area contributed by atoms with Crippen molar-refractivity contribution in [2.45, 2.75) is 39.0 Å². The molecule has 2 amide bonds. The Labute approximate surface area is 182 Å². The second-order valence-electron chi connectivity index (χ2n) is 7.39. The Bertz CT molecular complexity index is 913. The highest BCUT2D eigenvalue weighted by molar-refractivity contribution is 5.94. The minimum atomic E-state index is -0.359. The van der Waals surface area contributed by atoms with Crippen LogP contribution in [0.15, 0.2) is 48.5 Å². The Morgan fingerprint density at radius 3 is 2.61 bits per heavy atom. The highest BCUT2D eigenvalue weighted by atomic mass is 16.5. The predicted molar refractivity (Wildman–Crippen MR) is 118 cm³/mol. The average Bonchev–Trinajstić information content (AvgIpc) is 2.76. The molecule has 0 radical (unpaired) electrons. The van der Waals surface area contributed by atoms with Gasteiger partial charge in [-0.15, -0.1) is 0 Å². The molecule has 0 spiro atoms.